The number of carboxylic acid groups (broad SMARTS) is 1. The van der Waals surface area contributed by atoms with E-state index < -0.39 is 17.4 Å². The monoisotopic (exact) mass is 267 g/mol. The van der Waals surface area contributed by atoms with Crippen LogP contribution in [-0.4, -0.2) is 50.6 Å². The quantitative estimate of drug-likeness (QED) is 0.657. The fraction of sp³-hybridized carbons (Fsp3) is 0.636. The zero-order chi connectivity index (χ0) is 14.0. The van der Waals surface area contributed by atoms with E-state index in [-0.39, 0.29) is 18.2 Å². The van der Waals surface area contributed by atoms with E-state index in [1.807, 2.05) is 0 Å². The fourth-order valence-electron chi connectivity index (χ4n) is 1.81. The number of nitrogens with one attached hydrogen (secondary N) is 2. The second kappa shape index (κ2) is 4.96. The van der Waals surface area contributed by atoms with Gasteiger partial charge in [-0.1, -0.05) is 5.21 Å². The number of aromatic nitrogens is 3. The minimum atomic E-state index is -0.963. The molecule has 2 rings (SSSR count). The molecule has 19 heavy (non-hydrogen) atoms. The number of hydrogen-bond donors (Lipinski definition) is 3. The molecule has 0 saturated carbocycles. The summed E-state index contributed by atoms with van der Waals surface area (Å²) in [5.74, 6) is -1.38. The number of rotatable bonds is 5. The van der Waals surface area contributed by atoms with Crippen LogP contribution < -0.4 is 10.6 Å². The van der Waals surface area contributed by atoms with Crippen LogP contribution in [-0.2, 0) is 4.79 Å². The minimum absolute atomic E-state index is 0.153. The van der Waals surface area contributed by atoms with Gasteiger partial charge in [0.1, 0.15) is 0 Å². The molecule has 8 heteroatoms. The number of carbonyl (C=O) groups excluding carboxylic acids is 1. The van der Waals surface area contributed by atoms with Crippen molar-refractivity contribution < 1.29 is 14.7 Å². The van der Waals surface area contributed by atoms with Gasteiger partial charge in [0.15, 0.2) is 5.69 Å². The highest BCUT2D eigenvalue weighted by atomic mass is 16.4. The third-order valence-corrected chi connectivity index (χ3v) is 2.92. The normalized spacial score (nSPS) is 15.9. The molecule has 0 bridgehead atoms. The van der Waals surface area contributed by atoms with Gasteiger partial charge in [-0.25, -0.2) is 4.68 Å². The highest BCUT2D eigenvalue weighted by Crippen LogP contribution is 2.12. The van der Waals surface area contributed by atoms with Crippen molar-refractivity contribution in [2.24, 2.45) is 0 Å². The van der Waals surface area contributed by atoms with Crippen molar-refractivity contribution in [2.75, 3.05) is 13.1 Å². The van der Waals surface area contributed by atoms with Crippen LogP contribution in [0.15, 0.2) is 6.20 Å². The lowest BCUT2D eigenvalue weighted by atomic mass is 10.0. The van der Waals surface area contributed by atoms with E-state index in [4.69, 9.17) is 5.11 Å². The zero-order valence-corrected chi connectivity index (χ0v) is 10.9. The molecule has 1 aromatic rings. The first kappa shape index (κ1) is 13.5. The van der Waals surface area contributed by atoms with Gasteiger partial charge in [-0.15, -0.1) is 5.10 Å². The Labute approximate surface area is 110 Å². The van der Waals surface area contributed by atoms with E-state index in [1.54, 1.807) is 24.7 Å². The number of carbonyl (C=O) groups is 2. The highest BCUT2D eigenvalue weighted by Gasteiger charge is 2.27. The van der Waals surface area contributed by atoms with Gasteiger partial charge in [-0.05, 0) is 13.8 Å². The number of aliphatic carboxylic acids is 1. The predicted molar refractivity (Wildman–Crippen MR) is 65.7 cm³/mol. The maximum absolute atomic E-state index is 11.9. The van der Waals surface area contributed by atoms with Crippen molar-refractivity contribution in [3.05, 3.63) is 11.9 Å². The van der Waals surface area contributed by atoms with Crippen LogP contribution in [0.3, 0.4) is 0 Å². The average Bonchev–Trinajstić information content (AvgIpc) is 2.60. The molecule has 1 aliphatic heterocycles. The second-order valence-electron chi connectivity index (χ2n) is 5.30. The predicted octanol–water partition coefficient (Wildman–Crippen LogP) is -0.594. The summed E-state index contributed by atoms with van der Waals surface area (Å²) in [6.45, 7) is 4.93. The number of carboxylic acids is 1. The Morgan fingerprint density at radius 3 is 2.79 bits per heavy atom. The van der Waals surface area contributed by atoms with Crippen molar-refractivity contribution >= 4 is 11.9 Å². The largest absolute Gasteiger partial charge is 0.481 e. The molecule has 1 saturated heterocycles. The number of amides is 1. The summed E-state index contributed by atoms with van der Waals surface area (Å²) >= 11 is 0. The Morgan fingerprint density at radius 2 is 2.26 bits per heavy atom. The van der Waals surface area contributed by atoms with Gasteiger partial charge in [0.2, 0.25) is 0 Å². The van der Waals surface area contributed by atoms with E-state index in [2.05, 4.69) is 20.9 Å². The van der Waals surface area contributed by atoms with Crippen LogP contribution in [0.4, 0.5) is 0 Å². The number of hydrogen-bond acceptors (Lipinski definition) is 5. The maximum atomic E-state index is 11.9. The molecule has 8 nitrogen and oxygen atoms in total. The third kappa shape index (κ3) is 3.28. The van der Waals surface area contributed by atoms with Crippen LogP contribution in [0, 0.1) is 0 Å². The molecular weight excluding hydrogens is 250 g/mol. The molecule has 0 atom stereocenters. The van der Waals surface area contributed by atoms with Crippen molar-refractivity contribution in [2.45, 2.75) is 31.8 Å². The molecule has 1 fully saturated rings. The lowest BCUT2D eigenvalue weighted by molar-refractivity contribution is -0.138. The topological polar surface area (TPSA) is 109 Å². The summed E-state index contributed by atoms with van der Waals surface area (Å²) < 4.78 is 1.65. The molecule has 1 aromatic heterocycles. The van der Waals surface area contributed by atoms with E-state index >= 15 is 0 Å². The van der Waals surface area contributed by atoms with E-state index in [0.717, 1.165) is 13.1 Å². The van der Waals surface area contributed by atoms with E-state index in [1.165, 1.54) is 0 Å². The third-order valence-electron chi connectivity index (χ3n) is 2.92. The summed E-state index contributed by atoms with van der Waals surface area (Å²) in [5, 5.41) is 22.2. The molecule has 0 spiro atoms. The van der Waals surface area contributed by atoms with Gasteiger partial charge in [0.25, 0.3) is 5.91 Å². The molecule has 1 aliphatic rings. The highest BCUT2D eigenvalue weighted by molar-refractivity contribution is 5.92. The Kier molecular flexibility index (Phi) is 3.52. The average molecular weight is 267 g/mol. The standard InChI is InChI=1S/C11H17N5O3/c1-11(2,3-9(17)18)13-10(19)8-6-16(15-14-8)7-4-12-5-7/h6-7,12H,3-5H2,1-2H3,(H,13,19)(H,17,18). The van der Waals surface area contributed by atoms with E-state index in [9.17, 15) is 9.59 Å². The maximum Gasteiger partial charge on any atom is 0.305 e. The summed E-state index contributed by atoms with van der Waals surface area (Å²) in [7, 11) is 0. The molecule has 0 aromatic carbocycles. The molecule has 0 unspecified atom stereocenters. The summed E-state index contributed by atoms with van der Waals surface area (Å²) in [4.78, 5) is 22.6. The van der Waals surface area contributed by atoms with Gasteiger partial charge in [0.05, 0.1) is 18.7 Å². The Morgan fingerprint density at radius 1 is 1.58 bits per heavy atom. The molecule has 0 radical (unpaired) electrons. The lowest BCUT2D eigenvalue weighted by Gasteiger charge is -2.26. The fourth-order valence-corrected chi connectivity index (χ4v) is 1.81. The second-order valence-corrected chi connectivity index (χ2v) is 5.30. The van der Waals surface area contributed by atoms with E-state index in [0.29, 0.717) is 0 Å². The van der Waals surface area contributed by atoms with Crippen LogP contribution >= 0.6 is 0 Å². The molecule has 0 aliphatic carbocycles. The molecule has 1 amide bonds. The first-order chi connectivity index (χ1) is 8.87. The SMILES string of the molecule is CC(C)(CC(=O)O)NC(=O)c1cn(C2CNC2)nn1. The van der Waals surface area contributed by atoms with Crippen molar-refractivity contribution in [3.63, 3.8) is 0 Å². The molecule has 104 valence electrons. The minimum Gasteiger partial charge on any atom is -0.481 e. The summed E-state index contributed by atoms with van der Waals surface area (Å²) in [6, 6.07) is 0.237. The van der Waals surface area contributed by atoms with Crippen LogP contribution in [0.25, 0.3) is 0 Å². The lowest BCUT2D eigenvalue weighted by Crippen LogP contribution is -2.45. The van der Waals surface area contributed by atoms with Crippen molar-refractivity contribution in [3.8, 4) is 0 Å². The van der Waals surface area contributed by atoms with Gasteiger partial charge >= 0.3 is 5.97 Å². The zero-order valence-electron chi connectivity index (χ0n) is 10.9. The van der Waals surface area contributed by atoms with Crippen LogP contribution in [0.5, 0.6) is 0 Å². The number of nitrogens with zero attached hydrogens (tertiary/aromatic N) is 3. The summed E-state index contributed by atoms with van der Waals surface area (Å²) in [5.41, 5.74) is -0.629. The van der Waals surface area contributed by atoms with Gasteiger partial charge in [-0.3, -0.25) is 9.59 Å². The summed E-state index contributed by atoms with van der Waals surface area (Å²) in [6.07, 6.45) is 1.43. The Balaban J connectivity index is 1.99. The van der Waals surface area contributed by atoms with Crippen LogP contribution in [0.1, 0.15) is 36.8 Å². The molecular formula is C11H17N5O3. The van der Waals surface area contributed by atoms with Gasteiger partial charge in [0, 0.05) is 18.6 Å². The van der Waals surface area contributed by atoms with Crippen molar-refractivity contribution in [1.82, 2.24) is 25.6 Å². The van der Waals surface area contributed by atoms with Crippen molar-refractivity contribution in [1.29, 1.82) is 0 Å². The van der Waals surface area contributed by atoms with Crippen LogP contribution in [0.2, 0.25) is 0 Å². The smallest absolute Gasteiger partial charge is 0.305 e. The van der Waals surface area contributed by atoms with Gasteiger partial charge in [-0.2, -0.15) is 0 Å². The molecule has 2 heterocycles. The Hall–Kier alpha value is -1.96. The van der Waals surface area contributed by atoms with Gasteiger partial charge < -0.3 is 15.7 Å². The first-order valence-corrected chi connectivity index (χ1v) is 6.04. The Bertz CT molecular complexity index is 492. The molecule has 3 N–H and O–H groups in total. The first-order valence-electron chi connectivity index (χ1n) is 6.04.